The Kier molecular flexibility index (Phi) is 6.46. The fourth-order valence-electron chi connectivity index (χ4n) is 4.17. The first-order chi connectivity index (χ1) is 15.1. The van der Waals surface area contributed by atoms with Crippen LogP contribution in [0.25, 0.3) is 11.3 Å². The molecule has 2 aromatic carbocycles. The molecule has 0 unspecified atom stereocenters. The molecule has 1 saturated carbocycles. The second-order valence-electron chi connectivity index (χ2n) is 7.92. The Balaban J connectivity index is 1.45. The van der Waals surface area contributed by atoms with Crippen molar-refractivity contribution in [2.45, 2.75) is 44.6 Å². The summed E-state index contributed by atoms with van der Waals surface area (Å²) in [7, 11) is 1.59. The largest absolute Gasteiger partial charge is 0.496 e. The first-order valence-corrected chi connectivity index (χ1v) is 10.8. The van der Waals surface area contributed by atoms with Crippen molar-refractivity contribution in [3.05, 3.63) is 76.6 Å². The molecular weight excluding hydrogens is 390 g/mol. The van der Waals surface area contributed by atoms with Gasteiger partial charge in [0, 0.05) is 17.3 Å². The van der Waals surface area contributed by atoms with E-state index in [1.165, 1.54) is 48.4 Å². The quantitative estimate of drug-likeness (QED) is 0.636. The van der Waals surface area contributed by atoms with Crippen LogP contribution in [0, 0.1) is 0 Å². The van der Waals surface area contributed by atoms with Crippen molar-refractivity contribution in [1.82, 2.24) is 9.78 Å². The maximum absolute atomic E-state index is 12.6. The number of carbonyl (C=O) groups is 1. The Morgan fingerprint density at radius 1 is 1.03 bits per heavy atom. The van der Waals surface area contributed by atoms with E-state index < -0.39 is 0 Å². The number of nitrogens with one attached hydrogen (secondary N) is 1. The van der Waals surface area contributed by atoms with Crippen LogP contribution in [-0.4, -0.2) is 22.8 Å². The summed E-state index contributed by atoms with van der Waals surface area (Å²) in [5, 5.41) is 7.24. The van der Waals surface area contributed by atoms with Crippen LogP contribution in [0.5, 0.6) is 5.75 Å². The van der Waals surface area contributed by atoms with Crippen LogP contribution in [0.4, 0.5) is 5.69 Å². The number of anilines is 1. The summed E-state index contributed by atoms with van der Waals surface area (Å²) in [6, 6.07) is 18.5. The molecule has 160 valence electrons. The summed E-state index contributed by atoms with van der Waals surface area (Å²) in [6.07, 6.45) is 6.39. The molecular formula is C25H27N3O3. The van der Waals surface area contributed by atoms with Crippen molar-refractivity contribution < 1.29 is 9.53 Å². The second kappa shape index (κ2) is 9.60. The average molecular weight is 418 g/mol. The van der Waals surface area contributed by atoms with Crippen LogP contribution in [0.2, 0.25) is 0 Å². The van der Waals surface area contributed by atoms with Gasteiger partial charge >= 0.3 is 0 Å². The number of para-hydroxylation sites is 1. The van der Waals surface area contributed by atoms with Crippen LogP contribution in [0.1, 0.15) is 43.6 Å². The van der Waals surface area contributed by atoms with Gasteiger partial charge in [-0.15, -0.1) is 0 Å². The minimum Gasteiger partial charge on any atom is -0.496 e. The van der Waals surface area contributed by atoms with Crippen molar-refractivity contribution in [2.24, 2.45) is 0 Å². The fourth-order valence-corrected chi connectivity index (χ4v) is 4.17. The molecule has 1 aromatic heterocycles. The predicted octanol–water partition coefficient (Wildman–Crippen LogP) is 4.61. The molecule has 1 aliphatic carbocycles. The summed E-state index contributed by atoms with van der Waals surface area (Å²) in [5.74, 6) is 0.985. The minimum atomic E-state index is -0.332. The average Bonchev–Trinajstić information content (AvgIpc) is 2.81. The van der Waals surface area contributed by atoms with E-state index in [2.05, 4.69) is 22.5 Å². The number of hydrogen-bond acceptors (Lipinski definition) is 4. The molecule has 3 aromatic rings. The first kappa shape index (κ1) is 20.8. The molecule has 0 atom stereocenters. The van der Waals surface area contributed by atoms with E-state index in [0.717, 1.165) is 11.3 Å². The van der Waals surface area contributed by atoms with E-state index in [-0.39, 0.29) is 18.0 Å². The Morgan fingerprint density at radius 2 is 1.77 bits per heavy atom. The van der Waals surface area contributed by atoms with E-state index in [1.807, 2.05) is 36.4 Å². The van der Waals surface area contributed by atoms with Gasteiger partial charge in [0.25, 0.3) is 5.56 Å². The zero-order valence-corrected chi connectivity index (χ0v) is 17.7. The molecule has 0 bridgehead atoms. The monoisotopic (exact) mass is 417 g/mol. The Morgan fingerprint density at radius 3 is 2.52 bits per heavy atom. The Labute approximate surface area is 181 Å². The van der Waals surface area contributed by atoms with Gasteiger partial charge in [0.15, 0.2) is 0 Å². The molecule has 6 heteroatoms. The third-order valence-electron chi connectivity index (χ3n) is 5.81. The van der Waals surface area contributed by atoms with Gasteiger partial charge in [-0.1, -0.05) is 43.5 Å². The third kappa shape index (κ3) is 5.02. The number of rotatable bonds is 6. The summed E-state index contributed by atoms with van der Waals surface area (Å²) in [6.45, 7) is -0.161. The summed E-state index contributed by atoms with van der Waals surface area (Å²) < 4.78 is 6.55. The number of nitrogens with zero attached hydrogens (tertiary/aromatic N) is 2. The topological polar surface area (TPSA) is 73.2 Å². The van der Waals surface area contributed by atoms with Crippen LogP contribution in [0.3, 0.4) is 0 Å². The number of amides is 1. The number of carbonyl (C=O) groups excluding carboxylic acids is 1. The SMILES string of the molecule is COc1ccccc1-c1ccc(=O)n(CC(=O)Nc2ccc(C3CCCCC3)cc2)n1. The van der Waals surface area contributed by atoms with Crippen molar-refractivity contribution in [3.63, 3.8) is 0 Å². The molecule has 1 amide bonds. The number of aromatic nitrogens is 2. The number of methoxy groups -OCH3 is 1. The molecule has 31 heavy (non-hydrogen) atoms. The van der Waals surface area contributed by atoms with Gasteiger partial charge in [0.2, 0.25) is 5.91 Å². The highest BCUT2D eigenvalue weighted by Gasteiger charge is 2.15. The van der Waals surface area contributed by atoms with E-state index in [4.69, 9.17) is 4.74 Å². The molecule has 1 N–H and O–H groups in total. The van der Waals surface area contributed by atoms with Gasteiger partial charge < -0.3 is 10.1 Å². The highest BCUT2D eigenvalue weighted by molar-refractivity contribution is 5.90. The second-order valence-corrected chi connectivity index (χ2v) is 7.92. The predicted molar refractivity (Wildman–Crippen MR) is 121 cm³/mol. The van der Waals surface area contributed by atoms with Gasteiger partial charge in [-0.2, -0.15) is 5.10 Å². The lowest BCUT2D eigenvalue weighted by molar-refractivity contribution is -0.117. The Bertz CT molecular complexity index is 1100. The number of benzene rings is 2. The smallest absolute Gasteiger partial charge is 0.267 e. The van der Waals surface area contributed by atoms with Crippen LogP contribution >= 0.6 is 0 Å². The lowest BCUT2D eigenvalue weighted by Crippen LogP contribution is -2.29. The zero-order valence-electron chi connectivity index (χ0n) is 17.7. The third-order valence-corrected chi connectivity index (χ3v) is 5.81. The number of ether oxygens (including phenoxy) is 1. The van der Waals surface area contributed by atoms with Crippen molar-refractivity contribution >= 4 is 11.6 Å². The van der Waals surface area contributed by atoms with Gasteiger partial charge in [-0.25, -0.2) is 4.68 Å². The summed E-state index contributed by atoms with van der Waals surface area (Å²) in [5.41, 5.74) is 3.05. The molecule has 0 spiro atoms. The van der Waals surface area contributed by atoms with Gasteiger partial charge in [-0.05, 0) is 54.7 Å². The lowest BCUT2D eigenvalue weighted by Gasteiger charge is -2.22. The lowest BCUT2D eigenvalue weighted by atomic mass is 9.84. The maximum atomic E-state index is 12.6. The standard InChI is InChI=1S/C25H27N3O3/c1-31-23-10-6-5-9-21(23)22-15-16-25(30)28(27-22)17-24(29)26-20-13-11-19(12-14-20)18-7-3-2-4-8-18/h5-6,9-16,18H,2-4,7-8,17H2,1H3,(H,26,29). The Hall–Kier alpha value is -3.41. The minimum absolute atomic E-state index is 0.161. The van der Waals surface area contributed by atoms with E-state index in [9.17, 15) is 9.59 Å². The zero-order chi connectivity index (χ0) is 21.6. The molecule has 1 heterocycles. The van der Waals surface area contributed by atoms with Gasteiger partial charge in [-0.3, -0.25) is 9.59 Å². The van der Waals surface area contributed by atoms with Crippen molar-refractivity contribution in [1.29, 1.82) is 0 Å². The molecule has 4 rings (SSSR count). The first-order valence-electron chi connectivity index (χ1n) is 10.8. The number of hydrogen-bond donors (Lipinski definition) is 1. The van der Waals surface area contributed by atoms with Crippen LogP contribution in [0.15, 0.2) is 65.5 Å². The van der Waals surface area contributed by atoms with E-state index in [1.54, 1.807) is 13.2 Å². The molecule has 0 aliphatic heterocycles. The van der Waals surface area contributed by atoms with Gasteiger partial charge in [0.05, 0.1) is 12.8 Å². The molecule has 6 nitrogen and oxygen atoms in total. The van der Waals surface area contributed by atoms with E-state index >= 15 is 0 Å². The highest BCUT2D eigenvalue weighted by atomic mass is 16.5. The molecule has 0 radical (unpaired) electrons. The van der Waals surface area contributed by atoms with Crippen LogP contribution < -0.4 is 15.6 Å². The highest BCUT2D eigenvalue weighted by Crippen LogP contribution is 2.33. The molecule has 0 saturated heterocycles. The normalized spacial score (nSPS) is 14.2. The summed E-state index contributed by atoms with van der Waals surface area (Å²) in [4.78, 5) is 24.8. The van der Waals surface area contributed by atoms with Gasteiger partial charge in [0.1, 0.15) is 12.3 Å². The molecule has 1 fully saturated rings. The summed E-state index contributed by atoms with van der Waals surface area (Å²) >= 11 is 0. The van der Waals surface area contributed by atoms with E-state index in [0.29, 0.717) is 17.4 Å². The van der Waals surface area contributed by atoms with Crippen molar-refractivity contribution in [2.75, 3.05) is 12.4 Å². The fraction of sp³-hybridized carbons (Fsp3) is 0.320. The van der Waals surface area contributed by atoms with Crippen molar-refractivity contribution in [3.8, 4) is 17.0 Å². The molecule has 1 aliphatic rings. The van der Waals surface area contributed by atoms with Crippen LogP contribution in [-0.2, 0) is 11.3 Å². The maximum Gasteiger partial charge on any atom is 0.267 e.